The van der Waals surface area contributed by atoms with Crippen molar-refractivity contribution in [2.24, 2.45) is 0 Å². The largest absolute Gasteiger partial charge is 0.340 e. The van der Waals surface area contributed by atoms with Crippen LogP contribution in [-0.4, -0.2) is 23.9 Å². The highest BCUT2D eigenvalue weighted by Crippen LogP contribution is 2.10. The highest BCUT2D eigenvalue weighted by atomic mass is 16.2. The van der Waals surface area contributed by atoms with E-state index >= 15 is 0 Å². The molecule has 4 heteroatoms. The number of unbranched alkanes of at least 4 members (excludes halogenated alkanes) is 1. The second-order valence-corrected chi connectivity index (χ2v) is 5.29. The molecule has 0 N–H and O–H groups in total. The molecule has 1 amide bonds. The van der Waals surface area contributed by atoms with Gasteiger partial charge in [0.25, 0.3) is 0 Å². The molecule has 0 aliphatic heterocycles. The molecule has 116 valence electrons. The third kappa shape index (κ3) is 6.41. The number of rotatable bonds is 9. The molecule has 1 aromatic carbocycles. The SMILES string of the molecule is CCCCc1ccc(CC(=O)N(CCC#N)CCC#N)cc1. The summed E-state index contributed by atoms with van der Waals surface area (Å²) in [5.74, 6) is -0.0215. The van der Waals surface area contributed by atoms with E-state index in [0.29, 0.717) is 32.4 Å². The Morgan fingerprint density at radius 2 is 1.59 bits per heavy atom. The molecule has 0 unspecified atom stereocenters. The Labute approximate surface area is 133 Å². The van der Waals surface area contributed by atoms with Gasteiger partial charge in [-0.1, -0.05) is 37.6 Å². The van der Waals surface area contributed by atoms with Gasteiger partial charge < -0.3 is 4.90 Å². The van der Waals surface area contributed by atoms with Crippen LogP contribution in [0.25, 0.3) is 0 Å². The standard InChI is InChI=1S/C18H23N3O/c1-2-3-6-16-7-9-17(10-8-16)15-18(22)21(13-4-11-19)14-5-12-20/h7-10H,2-6,13-15H2,1H3. The molecule has 1 aromatic rings. The molecule has 0 bridgehead atoms. The van der Waals surface area contributed by atoms with Crippen molar-refractivity contribution in [2.45, 2.75) is 45.4 Å². The number of nitriles is 2. The third-order valence-electron chi connectivity index (χ3n) is 3.54. The quantitative estimate of drug-likeness (QED) is 0.702. The minimum atomic E-state index is -0.0215. The minimum Gasteiger partial charge on any atom is -0.340 e. The molecular weight excluding hydrogens is 274 g/mol. The lowest BCUT2D eigenvalue weighted by atomic mass is 10.0. The van der Waals surface area contributed by atoms with Crippen LogP contribution in [0.4, 0.5) is 0 Å². The number of nitrogens with zero attached hydrogens (tertiary/aromatic N) is 3. The van der Waals surface area contributed by atoms with E-state index < -0.39 is 0 Å². The first kappa shape index (κ1) is 17.7. The number of aryl methyl sites for hydroxylation is 1. The van der Waals surface area contributed by atoms with E-state index in [-0.39, 0.29) is 5.91 Å². The molecule has 0 aliphatic carbocycles. The van der Waals surface area contributed by atoms with Gasteiger partial charge in [-0.25, -0.2) is 0 Å². The summed E-state index contributed by atoms with van der Waals surface area (Å²) in [6.07, 6.45) is 4.34. The van der Waals surface area contributed by atoms with E-state index in [9.17, 15) is 4.79 Å². The number of carbonyl (C=O) groups is 1. The van der Waals surface area contributed by atoms with Gasteiger partial charge in [0.1, 0.15) is 0 Å². The Bertz CT molecular complexity index is 519. The van der Waals surface area contributed by atoms with Crippen molar-refractivity contribution in [1.82, 2.24) is 4.90 Å². The van der Waals surface area contributed by atoms with Gasteiger partial charge in [-0.2, -0.15) is 10.5 Å². The summed E-state index contributed by atoms with van der Waals surface area (Å²) in [7, 11) is 0. The fraction of sp³-hybridized carbons (Fsp3) is 0.500. The Kier molecular flexibility index (Phi) is 8.38. The van der Waals surface area contributed by atoms with Crippen LogP contribution in [0.15, 0.2) is 24.3 Å². The maximum absolute atomic E-state index is 12.3. The van der Waals surface area contributed by atoms with Gasteiger partial charge in [-0.3, -0.25) is 4.79 Å². The number of carbonyl (C=O) groups excluding carboxylic acids is 1. The molecule has 22 heavy (non-hydrogen) atoms. The van der Waals surface area contributed by atoms with Crippen molar-refractivity contribution in [3.8, 4) is 12.1 Å². The molecule has 0 radical (unpaired) electrons. The first-order chi connectivity index (χ1) is 10.7. The van der Waals surface area contributed by atoms with Crippen LogP contribution in [0.3, 0.4) is 0 Å². The maximum Gasteiger partial charge on any atom is 0.227 e. The van der Waals surface area contributed by atoms with E-state index in [2.05, 4.69) is 19.1 Å². The number of benzene rings is 1. The normalized spacial score (nSPS) is 9.77. The maximum atomic E-state index is 12.3. The van der Waals surface area contributed by atoms with E-state index in [4.69, 9.17) is 10.5 Å². The van der Waals surface area contributed by atoms with Crippen molar-refractivity contribution in [1.29, 1.82) is 10.5 Å². The average Bonchev–Trinajstić information content (AvgIpc) is 2.54. The predicted octanol–water partition coefficient (Wildman–Crippen LogP) is 3.23. The van der Waals surface area contributed by atoms with Crippen LogP contribution in [0.1, 0.15) is 43.7 Å². The fourth-order valence-electron chi connectivity index (χ4n) is 2.22. The van der Waals surface area contributed by atoms with E-state index in [1.165, 1.54) is 18.4 Å². The van der Waals surface area contributed by atoms with Crippen LogP contribution in [0, 0.1) is 22.7 Å². The van der Waals surface area contributed by atoms with Crippen LogP contribution >= 0.6 is 0 Å². The summed E-state index contributed by atoms with van der Waals surface area (Å²) in [6, 6.07) is 12.2. The zero-order valence-corrected chi connectivity index (χ0v) is 13.2. The van der Waals surface area contributed by atoms with E-state index in [0.717, 1.165) is 12.0 Å². The van der Waals surface area contributed by atoms with Crippen LogP contribution in [0.2, 0.25) is 0 Å². The smallest absolute Gasteiger partial charge is 0.227 e. The summed E-state index contributed by atoms with van der Waals surface area (Å²) in [5.41, 5.74) is 2.27. The second kappa shape index (κ2) is 10.4. The molecule has 4 nitrogen and oxygen atoms in total. The summed E-state index contributed by atoms with van der Waals surface area (Å²) in [5, 5.41) is 17.3. The topological polar surface area (TPSA) is 67.9 Å². The molecule has 1 rings (SSSR count). The van der Waals surface area contributed by atoms with Crippen LogP contribution in [0.5, 0.6) is 0 Å². The molecule has 0 aliphatic rings. The first-order valence-electron chi connectivity index (χ1n) is 7.80. The highest BCUT2D eigenvalue weighted by Gasteiger charge is 2.13. The van der Waals surface area contributed by atoms with Crippen molar-refractivity contribution in [3.63, 3.8) is 0 Å². The highest BCUT2D eigenvalue weighted by molar-refractivity contribution is 5.78. The van der Waals surface area contributed by atoms with Gasteiger partial charge >= 0.3 is 0 Å². The van der Waals surface area contributed by atoms with E-state index in [1.807, 2.05) is 24.3 Å². The first-order valence-corrected chi connectivity index (χ1v) is 7.80. The van der Waals surface area contributed by atoms with Gasteiger partial charge in [0.2, 0.25) is 5.91 Å². The summed E-state index contributed by atoms with van der Waals surface area (Å²) < 4.78 is 0. The van der Waals surface area contributed by atoms with Gasteiger partial charge in [-0.05, 0) is 24.0 Å². The Morgan fingerprint density at radius 1 is 1.05 bits per heavy atom. The molecule has 0 heterocycles. The summed E-state index contributed by atoms with van der Waals surface area (Å²) in [4.78, 5) is 13.9. The fourth-order valence-corrected chi connectivity index (χ4v) is 2.22. The zero-order valence-electron chi connectivity index (χ0n) is 13.2. The average molecular weight is 297 g/mol. The Balaban J connectivity index is 2.60. The minimum absolute atomic E-state index is 0.0215. The monoisotopic (exact) mass is 297 g/mol. The van der Waals surface area contributed by atoms with Gasteiger partial charge in [0.05, 0.1) is 31.4 Å². The van der Waals surface area contributed by atoms with Crippen LogP contribution < -0.4 is 0 Å². The summed E-state index contributed by atoms with van der Waals surface area (Å²) >= 11 is 0. The lowest BCUT2D eigenvalue weighted by Crippen LogP contribution is -2.33. The molecule has 0 aromatic heterocycles. The lowest BCUT2D eigenvalue weighted by Gasteiger charge is -2.20. The molecular formula is C18H23N3O. The van der Waals surface area contributed by atoms with Crippen molar-refractivity contribution >= 4 is 5.91 Å². The van der Waals surface area contributed by atoms with Gasteiger partial charge in [0, 0.05) is 13.1 Å². The molecule has 0 fully saturated rings. The molecule has 0 spiro atoms. The number of amides is 1. The van der Waals surface area contributed by atoms with Crippen molar-refractivity contribution in [3.05, 3.63) is 35.4 Å². The molecule has 0 atom stereocenters. The van der Waals surface area contributed by atoms with Crippen molar-refractivity contribution < 1.29 is 4.79 Å². The van der Waals surface area contributed by atoms with Gasteiger partial charge in [-0.15, -0.1) is 0 Å². The number of hydrogen-bond donors (Lipinski definition) is 0. The second-order valence-electron chi connectivity index (χ2n) is 5.29. The Morgan fingerprint density at radius 3 is 2.09 bits per heavy atom. The van der Waals surface area contributed by atoms with Gasteiger partial charge in [0.15, 0.2) is 0 Å². The molecule has 0 saturated carbocycles. The van der Waals surface area contributed by atoms with E-state index in [1.54, 1.807) is 4.90 Å². The summed E-state index contributed by atoms with van der Waals surface area (Å²) in [6.45, 7) is 2.96. The molecule has 0 saturated heterocycles. The number of hydrogen-bond acceptors (Lipinski definition) is 3. The lowest BCUT2D eigenvalue weighted by molar-refractivity contribution is -0.130. The predicted molar refractivity (Wildman–Crippen MR) is 85.8 cm³/mol. The zero-order chi connectivity index (χ0) is 16.2. The third-order valence-corrected chi connectivity index (χ3v) is 3.54. The Hall–Kier alpha value is -2.33. The van der Waals surface area contributed by atoms with Crippen LogP contribution in [-0.2, 0) is 17.6 Å². The van der Waals surface area contributed by atoms with Crippen molar-refractivity contribution in [2.75, 3.05) is 13.1 Å².